The van der Waals surface area contributed by atoms with Crippen molar-refractivity contribution in [1.29, 1.82) is 0 Å². The molecular weight excluding hydrogens is 565 g/mol. The molecule has 0 N–H and O–H groups in total. The third-order valence-electron chi connectivity index (χ3n) is 10.8. The van der Waals surface area contributed by atoms with Crippen LogP contribution in [0.15, 0.2) is 158 Å². The molecule has 0 unspecified atom stereocenters. The molecule has 0 saturated heterocycles. The molecule has 0 bridgehead atoms. The second-order valence-electron chi connectivity index (χ2n) is 13.7. The van der Waals surface area contributed by atoms with Crippen LogP contribution in [0.3, 0.4) is 0 Å². The maximum absolute atomic E-state index is 2.42. The van der Waals surface area contributed by atoms with E-state index in [9.17, 15) is 0 Å². The smallest absolute Gasteiger partial charge is 0.0159 e. The highest BCUT2D eigenvalue weighted by molar-refractivity contribution is 6.29. The van der Waals surface area contributed by atoms with Crippen LogP contribution in [0.25, 0.3) is 87.2 Å². The van der Waals surface area contributed by atoms with Gasteiger partial charge in [0, 0.05) is 5.41 Å². The molecule has 1 aliphatic rings. The monoisotopic (exact) mass is 596 g/mol. The van der Waals surface area contributed by atoms with Crippen molar-refractivity contribution < 1.29 is 0 Å². The van der Waals surface area contributed by atoms with Gasteiger partial charge in [0.2, 0.25) is 0 Å². The Labute approximate surface area is 274 Å². The van der Waals surface area contributed by atoms with Crippen LogP contribution < -0.4 is 0 Å². The van der Waals surface area contributed by atoms with Crippen LogP contribution in [0.1, 0.15) is 25.0 Å². The molecule has 0 aromatic heterocycles. The van der Waals surface area contributed by atoms with Crippen LogP contribution in [-0.2, 0) is 5.41 Å². The van der Waals surface area contributed by atoms with E-state index in [1.807, 2.05) is 0 Å². The summed E-state index contributed by atoms with van der Waals surface area (Å²) in [7, 11) is 0. The number of fused-ring (bicyclic) bond motifs is 6. The van der Waals surface area contributed by atoms with Gasteiger partial charge in [-0.05, 0) is 123 Å². The third-order valence-corrected chi connectivity index (χ3v) is 10.8. The van der Waals surface area contributed by atoms with Gasteiger partial charge in [0.1, 0.15) is 0 Å². The van der Waals surface area contributed by atoms with E-state index in [0.717, 1.165) is 0 Å². The molecule has 0 amide bonds. The molecule has 0 heteroatoms. The highest BCUT2D eigenvalue weighted by atomic mass is 14.4. The molecule has 9 aromatic carbocycles. The van der Waals surface area contributed by atoms with Gasteiger partial charge < -0.3 is 0 Å². The van der Waals surface area contributed by atoms with Gasteiger partial charge in [-0.15, -0.1) is 0 Å². The maximum atomic E-state index is 2.42. The normalized spacial score (nSPS) is 13.5. The standard InChI is InChI=1S/C47H32/c1-47(2)43-17-7-15-40-39-24-22-35(28-42(39)41-16-8-18-44(47)46(41)45(40)43)33-13-6-11-31(26-33)30-10-5-12-32(25-30)34-21-23-38-36(27-34)20-19-29-9-3-4-14-37(29)38/h3-28H,1-2H3. The van der Waals surface area contributed by atoms with Gasteiger partial charge >= 0.3 is 0 Å². The van der Waals surface area contributed by atoms with E-state index in [0.29, 0.717) is 0 Å². The van der Waals surface area contributed by atoms with Crippen LogP contribution in [0, 0.1) is 0 Å². The van der Waals surface area contributed by atoms with Crippen molar-refractivity contribution in [3.05, 3.63) is 169 Å². The van der Waals surface area contributed by atoms with Gasteiger partial charge in [-0.25, -0.2) is 0 Å². The van der Waals surface area contributed by atoms with Gasteiger partial charge in [0.15, 0.2) is 0 Å². The van der Waals surface area contributed by atoms with Crippen LogP contribution in [0.2, 0.25) is 0 Å². The fourth-order valence-corrected chi connectivity index (χ4v) is 8.41. The number of rotatable bonds is 3. The second-order valence-corrected chi connectivity index (χ2v) is 13.7. The highest BCUT2D eigenvalue weighted by Gasteiger charge is 2.34. The molecule has 0 fully saturated rings. The average molecular weight is 597 g/mol. The summed E-state index contributed by atoms with van der Waals surface area (Å²) in [5, 5.41) is 13.4. The summed E-state index contributed by atoms with van der Waals surface area (Å²) in [6, 6.07) is 58.8. The van der Waals surface area contributed by atoms with Crippen molar-refractivity contribution in [3.8, 4) is 33.4 Å². The fraction of sp³-hybridized carbons (Fsp3) is 0.0638. The van der Waals surface area contributed by atoms with Gasteiger partial charge in [-0.2, -0.15) is 0 Å². The average Bonchev–Trinajstić information content (AvgIpc) is 3.37. The second kappa shape index (κ2) is 9.64. The van der Waals surface area contributed by atoms with E-state index >= 15 is 0 Å². The first-order chi connectivity index (χ1) is 23.0. The van der Waals surface area contributed by atoms with E-state index in [1.54, 1.807) is 0 Å². The van der Waals surface area contributed by atoms with E-state index in [-0.39, 0.29) is 5.41 Å². The molecule has 0 radical (unpaired) electrons. The van der Waals surface area contributed by atoms with Gasteiger partial charge in [0.05, 0.1) is 0 Å². The fourth-order valence-electron chi connectivity index (χ4n) is 8.41. The summed E-state index contributed by atoms with van der Waals surface area (Å²) in [6.07, 6.45) is 0. The van der Waals surface area contributed by atoms with E-state index in [2.05, 4.69) is 172 Å². The largest absolute Gasteiger partial charge is 0.0616 e. The zero-order valence-corrected chi connectivity index (χ0v) is 26.5. The molecule has 220 valence electrons. The quantitative estimate of drug-likeness (QED) is 0.178. The molecule has 0 saturated carbocycles. The zero-order valence-electron chi connectivity index (χ0n) is 26.5. The Morgan fingerprint density at radius 2 is 0.766 bits per heavy atom. The third kappa shape index (κ3) is 3.82. The first kappa shape index (κ1) is 26.5. The molecule has 47 heavy (non-hydrogen) atoms. The lowest BCUT2D eigenvalue weighted by molar-refractivity contribution is 0.663. The lowest BCUT2D eigenvalue weighted by Gasteiger charge is -2.21. The minimum atomic E-state index is 0.00561. The van der Waals surface area contributed by atoms with Crippen molar-refractivity contribution in [1.82, 2.24) is 0 Å². The molecule has 1 aliphatic carbocycles. The van der Waals surface area contributed by atoms with Gasteiger partial charge in [-0.1, -0.05) is 147 Å². The first-order valence-corrected chi connectivity index (χ1v) is 16.6. The molecular formula is C47H32. The summed E-state index contributed by atoms with van der Waals surface area (Å²) in [4.78, 5) is 0. The number of benzene rings is 9. The predicted octanol–water partition coefficient (Wildman–Crippen LogP) is 13.1. The molecule has 0 heterocycles. The minimum absolute atomic E-state index is 0.00561. The van der Waals surface area contributed by atoms with E-state index in [1.165, 1.54) is 98.4 Å². The maximum Gasteiger partial charge on any atom is 0.0159 e. The Kier molecular flexibility index (Phi) is 5.44. The highest BCUT2D eigenvalue weighted by Crippen LogP contribution is 2.51. The summed E-state index contributed by atoms with van der Waals surface area (Å²) in [5.41, 5.74) is 10.3. The van der Waals surface area contributed by atoms with Crippen molar-refractivity contribution in [2.45, 2.75) is 19.3 Å². The molecule has 9 aromatic rings. The van der Waals surface area contributed by atoms with Crippen LogP contribution >= 0.6 is 0 Å². The Morgan fingerprint density at radius 3 is 1.43 bits per heavy atom. The molecule has 10 rings (SSSR count). The Hall–Kier alpha value is -5.72. The van der Waals surface area contributed by atoms with Crippen molar-refractivity contribution in [2.24, 2.45) is 0 Å². The van der Waals surface area contributed by atoms with Crippen molar-refractivity contribution in [2.75, 3.05) is 0 Å². The minimum Gasteiger partial charge on any atom is -0.0616 e. The number of hydrogen-bond donors (Lipinski definition) is 0. The number of hydrogen-bond acceptors (Lipinski definition) is 0. The van der Waals surface area contributed by atoms with Crippen LogP contribution in [-0.4, -0.2) is 0 Å². The summed E-state index contributed by atoms with van der Waals surface area (Å²) < 4.78 is 0. The lowest BCUT2D eigenvalue weighted by Crippen LogP contribution is -2.14. The predicted molar refractivity (Wildman–Crippen MR) is 202 cm³/mol. The molecule has 0 spiro atoms. The summed E-state index contributed by atoms with van der Waals surface area (Å²) in [6.45, 7) is 4.74. The van der Waals surface area contributed by atoms with Crippen LogP contribution in [0.4, 0.5) is 0 Å². The van der Waals surface area contributed by atoms with Crippen LogP contribution in [0.5, 0.6) is 0 Å². The van der Waals surface area contributed by atoms with Gasteiger partial charge in [0.25, 0.3) is 0 Å². The molecule has 0 aliphatic heterocycles. The SMILES string of the molecule is CC1(C)c2cccc3c4ccc(-c5cccc(-c6cccc(-c7ccc8c(ccc9ccccc98)c7)c6)c5)cc4c4cccc1c4c23. The first-order valence-electron chi connectivity index (χ1n) is 16.6. The molecule has 0 atom stereocenters. The Morgan fingerprint density at radius 1 is 0.298 bits per heavy atom. The van der Waals surface area contributed by atoms with Crippen molar-refractivity contribution in [3.63, 3.8) is 0 Å². The Balaban J connectivity index is 1.08. The summed E-state index contributed by atoms with van der Waals surface area (Å²) in [5.74, 6) is 0. The lowest BCUT2D eigenvalue weighted by atomic mass is 9.82. The topological polar surface area (TPSA) is 0 Å². The zero-order chi connectivity index (χ0) is 31.3. The van der Waals surface area contributed by atoms with Crippen molar-refractivity contribution >= 4 is 53.9 Å². The van der Waals surface area contributed by atoms with Gasteiger partial charge in [-0.3, -0.25) is 0 Å². The van der Waals surface area contributed by atoms with E-state index < -0.39 is 0 Å². The van der Waals surface area contributed by atoms with E-state index in [4.69, 9.17) is 0 Å². The summed E-state index contributed by atoms with van der Waals surface area (Å²) >= 11 is 0. The molecule has 0 nitrogen and oxygen atoms in total. The Bertz CT molecular complexity index is 2760.